The Morgan fingerprint density at radius 3 is 2.64 bits per heavy atom. The molecule has 0 bridgehead atoms. The maximum absolute atomic E-state index is 3.60. The van der Waals surface area contributed by atoms with Crippen molar-refractivity contribution in [2.24, 2.45) is 5.92 Å². The summed E-state index contributed by atoms with van der Waals surface area (Å²) in [4.78, 5) is 2.72. The number of likely N-dealkylation sites (tertiary alicyclic amines) is 1. The number of piperidine rings is 2. The van der Waals surface area contributed by atoms with Crippen LogP contribution in [0.2, 0.25) is 0 Å². The Balaban J connectivity index is 1.82. The molecule has 1 unspecified atom stereocenters. The second-order valence-electron chi connectivity index (χ2n) is 5.28. The molecule has 0 aromatic heterocycles. The summed E-state index contributed by atoms with van der Waals surface area (Å²) in [5.41, 5.74) is 0. The fraction of sp³-hybridized carbons (Fsp3) is 1.00. The van der Waals surface area contributed by atoms with E-state index in [1.165, 1.54) is 45.3 Å². The summed E-state index contributed by atoms with van der Waals surface area (Å²) >= 11 is 0. The molecule has 2 aliphatic rings. The molecule has 14 heavy (non-hydrogen) atoms. The van der Waals surface area contributed by atoms with Crippen molar-refractivity contribution in [2.45, 2.75) is 51.6 Å². The van der Waals surface area contributed by atoms with Crippen LogP contribution in [0.25, 0.3) is 0 Å². The molecule has 0 radical (unpaired) electrons. The molecule has 2 heterocycles. The van der Waals surface area contributed by atoms with E-state index in [4.69, 9.17) is 0 Å². The van der Waals surface area contributed by atoms with Crippen LogP contribution in [0, 0.1) is 5.92 Å². The van der Waals surface area contributed by atoms with Gasteiger partial charge in [-0.05, 0) is 45.1 Å². The average molecular weight is 196 g/mol. The topological polar surface area (TPSA) is 15.3 Å². The van der Waals surface area contributed by atoms with Crippen molar-refractivity contribution in [3.8, 4) is 0 Å². The van der Waals surface area contributed by atoms with E-state index in [2.05, 4.69) is 24.1 Å². The van der Waals surface area contributed by atoms with Gasteiger partial charge in [0, 0.05) is 25.2 Å². The molecular formula is C12H24N2. The third-order valence-corrected chi connectivity index (χ3v) is 3.84. The van der Waals surface area contributed by atoms with Gasteiger partial charge in [-0.1, -0.05) is 6.92 Å². The summed E-state index contributed by atoms with van der Waals surface area (Å²) in [6.45, 7) is 8.58. The Morgan fingerprint density at radius 2 is 2.00 bits per heavy atom. The lowest BCUT2D eigenvalue weighted by molar-refractivity contribution is 0.104. The quantitative estimate of drug-likeness (QED) is 0.688. The highest BCUT2D eigenvalue weighted by Gasteiger charge is 2.26. The van der Waals surface area contributed by atoms with Crippen LogP contribution >= 0.6 is 0 Å². The molecule has 0 saturated carbocycles. The van der Waals surface area contributed by atoms with Gasteiger partial charge in [-0.2, -0.15) is 0 Å². The Labute approximate surface area is 88.1 Å². The number of nitrogens with one attached hydrogen (secondary N) is 1. The lowest BCUT2D eigenvalue weighted by Crippen LogP contribution is -2.51. The molecule has 1 N–H and O–H groups in total. The Kier molecular flexibility index (Phi) is 3.45. The van der Waals surface area contributed by atoms with Gasteiger partial charge in [0.1, 0.15) is 0 Å². The second-order valence-corrected chi connectivity index (χ2v) is 5.28. The highest BCUT2D eigenvalue weighted by atomic mass is 15.2. The third-order valence-electron chi connectivity index (χ3n) is 3.84. The Morgan fingerprint density at radius 1 is 1.14 bits per heavy atom. The minimum atomic E-state index is 0.744. The summed E-state index contributed by atoms with van der Waals surface area (Å²) in [5, 5.41) is 3.60. The molecule has 2 heteroatoms. The number of nitrogens with zero attached hydrogens (tertiary/aromatic N) is 1. The summed E-state index contributed by atoms with van der Waals surface area (Å²) in [6.07, 6.45) is 5.61. The van der Waals surface area contributed by atoms with Gasteiger partial charge in [-0.15, -0.1) is 0 Å². The van der Waals surface area contributed by atoms with Gasteiger partial charge < -0.3 is 5.32 Å². The molecule has 0 spiro atoms. The van der Waals surface area contributed by atoms with Gasteiger partial charge in [-0.25, -0.2) is 0 Å². The highest BCUT2D eigenvalue weighted by molar-refractivity contribution is 4.84. The average Bonchev–Trinajstić information content (AvgIpc) is 2.19. The van der Waals surface area contributed by atoms with Crippen LogP contribution < -0.4 is 5.32 Å². The molecule has 2 fully saturated rings. The smallest absolute Gasteiger partial charge is 0.0221 e. The monoisotopic (exact) mass is 196 g/mol. The fourth-order valence-corrected chi connectivity index (χ4v) is 2.85. The molecule has 0 aliphatic carbocycles. The van der Waals surface area contributed by atoms with Crippen LogP contribution in [0.1, 0.15) is 39.5 Å². The molecule has 82 valence electrons. The van der Waals surface area contributed by atoms with Crippen molar-refractivity contribution in [1.29, 1.82) is 0 Å². The standard InChI is InChI=1S/C12H24N2/c1-10-4-3-7-14(9-10)12-6-5-11(2)13-8-12/h10-13H,3-9H2,1-2H3/t10-,11-,12?/m0/s1. The summed E-state index contributed by atoms with van der Waals surface area (Å²) < 4.78 is 0. The lowest BCUT2D eigenvalue weighted by Gasteiger charge is -2.40. The van der Waals surface area contributed by atoms with Crippen LogP contribution in [-0.4, -0.2) is 36.6 Å². The largest absolute Gasteiger partial charge is 0.313 e. The SMILES string of the molecule is C[C@H]1CCCN(C2CC[C@H](C)NC2)C1. The van der Waals surface area contributed by atoms with E-state index in [1.807, 2.05) is 0 Å². The van der Waals surface area contributed by atoms with E-state index >= 15 is 0 Å². The maximum Gasteiger partial charge on any atom is 0.0221 e. The summed E-state index contributed by atoms with van der Waals surface area (Å²) in [5.74, 6) is 0.920. The first-order chi connectivity index (χ1) is 6.75. The Bertz CT molecular complexity index is 173. The predicted octanol–water partition coefficient (Wildman–Crippen LogP) is 1.86. The summed E-state index contributed by atoms with van der Waals surface area (Å²) in [7, 11) is 0. The van der Waals surface area contributed by atoms with Gasteiger partial charge in [0.25, 0.3) is 0 Å². The molecular weight excluding hydrogens is 172 g/mol. The number of rotatable bonds is 1. The normalized spacial score (nSPS) is 41.1. The van der Waals surface area contributed by atoms with E-state index in [1.54, 1.807) is 0 Å². The van der Waals surface area contributed by atoms with E-state index in [-0.39, 0.29) is 0 Å². The minimum absolute atomic E-state index is 0.744. The van der Waals surface area contributed by atoms with Gasteiger partial charge in [0.15, 0.2) is 0 Å². The molecule has 2 aliphatic heterocycles. The molecule has 2 nitrogen and oxygen atoms in total. The van der Waals surface area contributed by atoms with Crippen LogP contribution in [0.5, 0.6) is 0 Å². The molecule has 0 aromatic rings. The van der Waals surface area contributed by atoms with Crippen LogP contribution in [0.15, 0.2) is 0 Å². The van der Waals surface area contributed by atoms with Crippen molar-refractivity contribution in [2.75, 3.05) is 19.6 Å². The molecule has 0 aromatic carbocycles. The highest BCUT2D eigenvalue weighted by Crippen LogP contribution is 2.21. The summed E-state index contributed by atoms with van der Waals surface area (Å²) in [6, 6.07) is 1.57. The van der Waals surface area contributed by atoms with E-state index < -0.39 is 0 Å². The number of hydrogen-bond donors (Lipinski definition) is 1. The van der Waals surface area contributed by atoms with Crippen molar-refractivity contribution >= 4 is 0 Å². The zero-order valence-electron chi connectivity index (χ0n) is 9.63. The third kappa shape index (κ3) is 2.48. The van der Waals surface area contributed by atoms with E-state index in [0.29, 0.717) is 0 Å². The van der Waals surface area contributed by atoms with Crippen LogP contribution in [0.3, 0.4) is 0 Å². The Hall–Kier alpha value is -0.0800. The first kappa shape index (κ1) is 10.4. The van der Waals surface area contributed by atoms with Gasteiger partial charge in [0.05, 0.1) is 0 Å². The van der Waals surface area contributed by atoms with Crippen molar-refractivity contribution in [3.05, 3.63) is 0 Å². The fourth-order valence-electron chi connectivity index (χ4n) is 2.85. The first-order valence-corrected chi connectivity index (χ1v) is 6.23. The zero-order chi connectivity index (χ0) is 9.97. The second kappa shape index (κ2) is 4.63. The molecule has 2 saturated heterocycles. The molecule has 0 amide bonds. The van der Waals surface area contributed by atoms with Gasteiger partial charge in [0.2, 0.25) is 0 Å². The maximum atomic E-state index is 3.60. The lowest BCUT2D eigenvalue weighted by atomic mass is 9.95. The van der Waals surface area contributed by atoms with E-state index in [0.717, 1.165) is 18.0 Å². The van der Waals surface area contributed by atoms with Crippen molar-refractivity contribution < 1.29 is 0 Å². The molecule has 3 atom stereocenters. The van der Waals surface area contributed by atoms with Gasteiger partial charge in [-0.3, -0.25) is 4.90 Å². The number of hydrogen-bond acceptors (Lipinski definition) is 2. The van der Waals surface area contributed by atoms with Crippen LogP contribution in [-0.2, 0) is 0 Å². The van der Waals surface area contributed by atoms with Gasteiger partial charge >= 0.3 is 0 Å². The molecule has 2 rings (SSSR count). The first-order valence-electron chi connectivity index (χ1n) is 6.23. The van der Waals surface area contributed by atoms with Crippen molar-refractivity contribution in [3.63, 3.8) is 0 Å². The van der Waals surface area contributed by atoms with Crippen LogP contribution in [0.4, 0.5) is 0 Å². The van der Waals surface area contributed by atoms with E-state index in [9.17, 15) is 0 Å². The minimum Gasteiger partial charge on any atom is -0.313 e. The van der Waals surface area contributed by atoms with Crippen molar-refractivity contribution in [1.82, 2.24) is 10.2 Å². The zero-order valence-corrected chi connectivity index (χ0v) is 9.63. The predicted molar refractivity (Wildman–Crippen MR) is 60.5 cm³/mol.